The van der Waals surface area contributed by atoms with Crippen LogP contribution in [0.15, 0.2) is 30.3 Å². The van der Waals surface area contributed by atoms with Gasteiger partial charge in [-0.2, -0.15) is 0 Å². The Morgan fingerprint density at radius 3 is 2.56 bits per heavy atom. The third kappa shape index (κ3) is 11.2. The van der Waals surface area contributed by atoms with Crippen LogP contribution in [0.3, 0.4) is 0 Å². The number of nitrogens with zero attached hydrogens (tertiary/aromatic N) is 4. The SMILES string of the molecule is CO[C@@H](C)COC(c1ccccc1)C1CCCN(c2n[s+]([O-])nc2NC(CC2CCCCC2)CN(CC[Si](C)(C)C)C(=O)O)C1. The highest BCUT2D eigenvalue weighted by atomic mass is 32.2. The van der Waals surface area contributed by atoms with Gasteiger partial charge in [-0.3, -0.25) is 0 Å². The molecule has 0 radical (unpaired) electrons. The van der Waals surface area contributed by atoms with Gasteiger partial charge in [0.1, 0.15) is 0 Å². The van der Waals surface area contributed by atoms with Crippen LogP contribution in [0.1, 0.15) is 70.0 Å². The van der Waals surface area contributed by atoms with Crippen LogP contribution < -0.4 is 10.2 Å². The van der Waals surface area contributed by atoms with Crippen LogP contribution in [0.5, 0.6) is 0 Å². The average molecular weight is 662 g/mol. The predicted molar refractivity (Wildman–Crippen MR) is 184 cm³/mol. The number of rotatable bonds is 16. The number of carbonyl (C=O) groups is 1. The highest BCUT2D eigenvalue weighted by Gasteiger charge is 2.34. The van der Waals surface area contributed by atoms with Crippen molar-refractivity contribution in [3.8, 4) is 0 Å². The Kier molecular flexibility index (Phi) is 13.5. The largest absolute Gasteiger partial charge is 0.546 e. The molecule has 12 heteroatoms. The Labute approximate surface area is 274 Å². The van der Waals surface area contributed by atoms with E-state index in [1.807, 2.05) is 25.1 Å². The lowest BCUT2D eigenvalue weighted by atomic mass is 9.84. The Hall–Kier alpha value is -2.25. The molecule has 4 unspecified atom stereocenters. The van der Waals surface area contributed by atoms with E-state index in [1.54, 1.807) is 12.0 Å². The maximum absolute atomic E-state index is 12.8. The van der Waals surface area contributed by atoms with E-state index in [4.69, 9.17) is 9.47 Å². The summed E-state index contributed by atoms with van der Waals surface area (Å²) in [5.74, 6) is 1.88. The zero-order valence-corrected chi connectivity index (χ0v) is 29.8. The summed E-state index contributed by atoms with van der Waals surface area (Å²) >= 11 is -1.71. The number of ether oxygens (including phenoxy) is 2. The predicted octanol–water partition coefficient (Wildman–Crippen LogP) is 7.28. The molecule has 5 atom stereocenters. The Morgan fingerprint density at radius 1 is 1.16 bits per heavy atom. The molecule has 4 rings (SSSR count). The number of carboxylic acid groups (broad SMARTS) is 1. The first-order valence-electron chi connectivity index (χ1n) is 16.8. The van der Waals surface area contributed by atoms with E-state index in [0.29, 0.717) is 43.8 Å². The van der Waals surface area contributed by atoms with Gasteiger partial charge in [0.2, 0.25) is 11.6 Å². The normalized spacial score (nSPS) is 20.4. The van der Waals surface area contributed by atoms with Gasteiger partial charge in [-0.15, -0.1) is 0 Å². The lowest BCUT2D eigenvalue weighted by Gasteiger charge is -2.37. The van der Waals surface area contributed by atoms with Crippen LogP contribution in [0.2, 0.25) is 25.7 Å². The second-order valence-corrected chi connectivity index (χ2v) is 20.7. The van der Waals surface area contributed by atoms with E-state index in [-0.39, 0.29) is 24.2 Å². The van der Waals surface area contributed by atoms with E-state index in [9.17, 15) is 14.5 Å². The summed E-state index contributed by atoms with van der Waals surface area (Å²) in [4.78, 5) is 16.1. The Morgan fingerprint density at radius 2 is 1.89 bits per heavy atom. The van der Waals surface area contributed by atoms with Gasteiger partial charge in [-0.25, -0.2) is 4.79 Å². The third-order valence-electron chi connectivity index (χ3n) is 9.30. The highest BCUT2D eigenvalue weighted by molar-refractivity contribution is 7.14. The fraction of sp³-hybridized carbons (Fsp3) is 0.727. The van der Waals surface area contributed by atoms with Crippen molar-refractivity contribution in [2.24, 2.45) is 11.8 Å². The molecule has 1 saturated heterocycles. The molecule has 252 valence electrons. The summed E-state index contributed by atoms with van der Waals surface area (Å²) in [5, 5.41) is 13.7. The number of anilines is 2. The van der Waals surface area contributed by atoms with Crippen molar-refractivity contribution < 1.29 is 23.9 Å². The fourth-order valence-electron chi connectivity index (χ4n) is 6.66. The molecule has 2 fully saturated rings. The van der Waals surface area contributed by atoms with E-state index in [1.165, 1.54) is 19.3 Å². The van der Waals surface area contributed by atoms with Crippen LogP contribution in [-0.4, -0.2) is 89.5 Å². The minimum absolute atomic E-state index is 0.0160. The maximum atomic E-state index is 12.8. The molecule has 1 aliphatic carbocycles. The van der Waals surface area contributed by atoms with Crippen molar-refractivity contribution in [2.45, 2.75) is 102 Å². The minimum Gasteiger partial charge on any atom is -0.546 e. The van der Waals surface area contributed by atoms with E-state index < -0.39 is 25.3 Å². The number of hydrogen-bond donors (Lipinski definition) is 2. The summed E-state index contributed by atoms with van der Waals surface area (Å²) < 4.78 is 33.7. The number of nitrogens with one attached hydrogen (secondary N) is 1. The highest BCUT2D eigenvalue weighted by Crippen LogP contribution is 2.38. The van der Waals surface area contributed by atoms with Crippen LogP contribution in [0.25, 0.3) is 0 Å². The first kappa shape index (κ1) is 35.6. The van der Waals surface area contributed by atoms with Crippen LogP contribution >= 0.6 is 11.1 Å². The molecular formula is C33H55N5O5SSi. The zero-order chi connectivity index (χ0) is 32.4. The molecule has 0 bridgehead atoms. The lowest BCUT2D eigenvalue weighted by molar-refractivity contribution is -0.0461. The Bertz CT molecular complexity index is 1180. The molecule has 1 aliphatic heterocycles. The number of methoxy groups -OCH3 is 1. The van der Waals surface area contributed by atoms with Gasteiger partial charge in [0.25, 0.3) is 0 Å². The van der Waals surface area contributed by atoms with Gasteiger partial charge in [-0.1, -0.05) is 82.1 Å². The van der Waals surface area contributed by atoms with Gasteiger partial charge in [0, 0.05) is 62.1 Å². The minimum atomic E-state index is -1.71. The van der Waals surface area contributed by atoms with E-state index in [0.717, 1.165) is 50.3 Å². The van der Waals surface area contributed by atoms with Crippen molar-refractivity contribution in [1.82, 2.24) is 13.6 Å². The molecule has 0 spiro atoms. The first-order chi connectivity index (χ1) is 21.5. The second kappa shape index (κ2) is 17.1. The summed E-state index contributed by atoms with van der Waals surface area (Å²) in [7, 11) is 0.273. The molecule has 1 aromatic carbocycles. The van der Waals surface area contributed by atoms with Crippen molar-refractivity contribution in [3.63, 3.8) is 0 Å². The van der Waals surface area contributed by atoms with Gasteiger partial charge < -0.3 is 34.2 Å². The molecule has 2 aliphatic rings. The molecule has 2 heterocycles. The zero-order valence-electron chi connectivity index (χ0n) is 28.0. The summed E-state index contributed by atoms with van der Waals surface area (Å²) in [5.41, 5.74) is 1.14. The number of aromatic nitrogens is 2. The number of amides is 1. The van der Waals surface area contributed by atoms with Crippen molar-refractivity contribution in [2.75, 3.05) is 50.1 Å². The van der Waals surface area contributed by atoms with Gasteiger partial charge in [-0.05, 0) is 43.7 Å². The fourth-order valence-corrected chi connectivity index (χ4v) is 8.28. The van der Waals surface area contributed by atoms with E-state index >= 15 is 0 Å². The van der Waals surface area contributed by atoms with Crippen LogP contribution in [-0.2, 0) is 9.47 Å². The molecule has 2 aromatic rings. The molecule has 10 nitrogen and oxygen atoms in total. The second-order valence-electron chi connectivity index (χ2n) is 14.3. The topological polar surface area (TPSA) is 123 Å². The quantitative estimate of drug-likeness (QED) is 0.141. The van der Waals surface area contributed by atoms with E-state index in [2.05, 4.69) is 50.7 Å². The number of benzene rings is 1. The monoisotopic (exact) mass is 661 g/mol. The van der Waals surface area contributed by atoms with Crippen molar-refractivity contribution in [1.29, 1.82) is 0 Å². The van der Waals surface area contributed by atoms with Crippen LogP contribution in [0, 0.1) is 11.8 Å². The van der Waals surface area contributed by atoms with Crippen molar-refractivity contribution in [3.05, 3.63) is 35.9 Å². The number of piperidine rings is 1. The lowest BCUT2D eigenvalue weighted by Crippen LogP contribution is -2.43. The van der Waals surface area contributed by atoms with Gasteiger partial charge in [0.05, 0.1) is 18.8 Å². The first-order valence-corrected chi connectivity index (χ1v) is 21.6. The number of hydrogen-bond acceptors (Lipinski definition) is 8. The molecule has 45 heavy (non-hydrogen) atoms. The smallest absolute Gasteiger partial charge is 0.407 e. The standard InChI is InChI=1S/C33H55N5O5SSi/c1-25(42-2)24-43-30(27-15-10-7-11-16-27)28-17-12-18-37(22-28)32-31(35-44(41)36-32)34-29(21-26-13-8-6-9-14-26)23-38(33(39)40)19-20-45(3,4)5/h7,10-11,15-16,25-26,28-30H,6,8-9,12-14,17-24H2,1-5H3,(H,34,35)(H,39,40)/t25-,28?,29?,30?,44?/m0/s1. The summed E-state index contributed by atoms with van der Waals surface area (Å²) in [6, 6.07) is 11.1. The third-order valence-corrected chi connectivity index (χ3v) is 11.7. The van der Waals surface area contributed by atoms with Gasteiger partial charge >= 0.3 is 6.09 Å². The van der Waals surface area contributed by atoms with Gasteiger partial charge in [0.15, 0.2) is 11.1 Å². The molecule has 2 N–H and O–H groups in total. The molecule has 1 saturated carbocycles. The van der Waals surface area contributed by atoms with Crippen LogP contribution in [0.4, 0.5) is 16.4 Å². The summed E-state index contributed by atoms with van der Waals surface area (Å²) in [6.07, 6.45) is 7.83. The summed E-state index contributed by atoms with van der Waals surface area (Å²) in [6.45, 7) is 11.7. The molecule has 1 amide bonds. The molecular weight excluding hydrogens is 607 g/mol. The maximum Gasteiger partial charge on any atom is 0.407 e. The Balaban J connectivity index is 1.54. The average Bonchev–Trinajstić information content (AvgIpc) is 3.39. The molecule has 1 aromatic heterocycles. The van der Waals surface area contributed by atoms with Crippen molar-refractivity contribution >= 4 is 36.9 Å².